The Labute approximate surface area is 71.2 Å². The van der Waals surface area contributed by atoms with Crippen molar-refractivity contribution in [1.29, 1.82) is 0 Å². The van der Waals surface area contributed by atoms with Crippen LogP contribution in [0, 0.1) is 0 Å². The fourth-order valence-corrected chi connectivity index (χ4v) is 0.919. The highest BCUT2D eigenvalue weighted by atomic mass is 16.3. The number of rotatable bonds is 2. The lowest BCUT2D eigenvalue weighted by Gasteiger charge is -1.98. The molecule has 2 nitrogen and oxygen atoms in total. The Balaban J connectivity index is 3.00. The molecule has 0 aliphatic rings. The summed E-state index contributed by atoms with van der Waals surface area (Å²) in [5.74, 6) is 1.82. The van der Waals surface area contributed by atoms with Gasteiger partial charge in [-0.3, -0.25) is 0 Å². The fraction of sp³-hybridized carbons (Fsp3) is 0.200. The standard InChI is InChI=1S/C10H10O2/c1-8(6-11)10-4-2-9(7-12)3-5-10/h2-5,12H,7H2,1H3. The van der Waals surface area contributed by atoms with Gasteiger partial charge in [-0.2, -0.15) is 0 Å². The van der Waals surface area contributed by atoms with Crippen LogP contribution in [0.2, 0.25) is 0 Å². The molecule has 12 heavy (non-hydrogen) atoms. The molecular formula is C10H10O2. The van der Waals surface area contributed by atoms with Gasteiger partial charge in [0.1, 0.15) is 5.94 Å². The second kappa shape index (κ2) is 3.86. The van der Waals surface area contributed by atoms with Crippen molar-refractivity contribution in [3.63, 3.8) is 0 Å². The monoisotopic (exact) mass is 162 g/mol. The zero-order chi connectivity index (χ0) is 8.97. The molecule has 0 bridgehead atoms. The predicted molar refractivity (Wildman–Crippen MR) is 47.1 cm³/mol. The van der Waals surface area contributed by atoms with Crippen molar-refractivity contribution < 1.29 is 9.90 Å². The maximum Gasteiger partial charge on any atom is 0.128 e. The van der Waals surface area contributed by atoms with Crippen molar-refractivity contribution in [2.45, 2.75) is 13.5 Å². The van der Waals surface area contributed by atoms with Gasteiger partial charge in [-0.1, -0.05) is 24.3 Å². The van der Waals surface area contributed by atoms with E-state index in [9.17, 15) is 4.79 Å². The van der Waals surface area contributed by atoms with E-state index >= 15 is 0 Å². The minimum Gasteiger partial charge on any atom is -0.392 e. The van der Waals surface area contributed by atoms with E-state index in [4.69, 9.17) is 5.11 Å². The lowest BCUT2D eigenvalue weighted by molar-refractivity contribution is 0.282. The smallest absolute Gasteiger partial charge is 0.128 e. The summed E-state index contributed by atoms with van der Waals surface area (Å²) in [4.78, 5) is 10.2. The quantitative estimate of drug-likeness (QED) is 0.667. The molecule has 0 saturated heterocycles. The van der Waals surface area contributed by atoms with E-state index < -0.39 is 0 Å². The van der Waals surface area contributed by atoms with Crippen molar-refractivity contribution in [2.75, 3.05) is 0 Å². The van der Waals surface area contributed by atoms with E-state index in [1.54, 1.807) is 31.2 Å². The number of carbonyl (C=O) groups excluding carboxylic acids is 1. The number of aliphatic hydroxyl groups is 1. The molecule has 0 amide bonds. The summed E-state index contributed by atoms with van der Waals surface area (Å²) >= 11 is 0. The van der Waals surface area contributed by atoms with Crippen LogP contribution in [-0.4, -0.2) is 11.0 Å². The van der Waals surface area contributed by atoms with Crippen LogP contribution in [-0.2, 0) is 11.4 Å². The summed E-state index contributed by atoms with van der Waals surface area (Å²) in [6.07, 6.45) is 0. The van der Waals surface area contributed by atoms with Crippen LogP contribution in [0.5, 0.6) is 0 Å². The normalized spacial score (nSPS) is 9.17. The highest BCUT2D eigenvalue weighted by Crippen LogP contribution is 2.11. The fourth-order valence-electron chi connectivity index (χ4n) is 0.919. The van der Waals surface area contributed by atoms with Gasteiger partial charge in [0, 0.05) is 5.57 Å². The first-order chi connectivity index (χ1) is 5.77. The van der Waals surface area contributed by atoms with Gasteiger partial charge in [0.2, 0.25) is 0 Å². The third-order valence-corrected chi connectivity index (χ3v) is 1.72. The lowest BCUT2D eigenvalue weighted by atomic mass is 10.1. The molecule has 0 unspecified atom stereocenters. The average molecular weight is 162 g/mol. The van der Waals surface area contributed by atoms with Gasteiger partial charge in [0.15, 0.2) is 0 Å². The van der Waals surface area contributed by atoms with Gasteiger partial charge in [0.25, 0.3) is 0 Å². The van der Waals surface area contributed by atoms with Crippen molar-refractivity contribution in [3.05, 3.63) is 35.4 Å². The van der Waals surface area contributed by atoms with E-state index in [-0.39, 0.29) is 6.61 Å². The molecule has 1 aromatic carbocycles. The van der Waals surface area contributed by atoms with E-state index in [1.807, 2.05) is 5.94 Å². The number of allylic oxidation sites excluding steroid dienone is 1. The molecule has 2 heteroatoms. The molecule has 0 heterocycles. The van der Waals surface area contributed by atoms with Crippen molar-refractivity contribution >= 4 is 11.5 Å². The predicted octanol–water partition coefficient (Wildman–Crippen LogP) is 1.41. The first-order valence-electron chi connectivity index (χ1n) is 3.70. The maximum atomic E-state index is 10.2. The highest BCUT2D eigenvalue weighted by molar-refractivity contribution is 5.86. The summed E-state index contributed by atoms with van der Waals surface area (Å²) in [6, 6.07) is 7.17. The lowest BCUT2D eigenvalue weighted by Crippen LogP contribution is -1.84. The Bertz CT molecular complexity index is 305. The largest absolute Gasteiger partial charge is 0.392 e. The molecular weight excluding hydrogens is 152 g/mol. The van der Waals surface area contributed by atoms with E-state index in [1.165, 1.54) is 0 Å². The average Bonchev–Trinajstić information content (AvgIpc) is 2.17. The topological polar surface area (TPSA) is 37.3 Å². The zero-order valence-corrected chi connectivity index (χ0v) is 6.87. The molecule has 0 saturated carbocycles. The number of hydrogen-bond donors (Lipinski definition) is 1. The summed E-state index contributed by atoms with van der Waals surface area (Å²) in [5, 5.41) is 8.74. The van der Waals surface area contributed by atoms with Gasteiger partial charge in [-0.15, -0.1) is 0 Å². The summed E-state index contributed by atoms with van der Waals surface area (Å²) in [7, 11) is 0. The molecule has 0 fully saturated rings. The summed E-state index contributed by atoms with van der Waals surface area (Å²) < 4.78 is 0. The Morgan fingerprint density at radius 3 is 2.42 bits per heavy atom. The van der Waals surface area contributed by atoms with Crippen LogP contribution in [0.1, 0.15) is 18.1 Å². The Hall–Kier alpha value is -1.37. The van der Waals surface area contributed by atoms with E-state index in [0.29, 0.717) is 5.57 Å². The number of benzene rings is 1. The molecule has 1 N–H and O–H groups in total. The second-order valence-electron chi connectivity index (χ2n) is 2.58. The van der Waals surface area contributed by atoms with Crippen LogP contribution in [0.15, 0.2) is 24.3 Å². The highest BCUT2D eigenvalue weighted by Gasteiger charge is 1.95. The molecule has 62 valence electrons. The van der Waals surface area contributed by atoms with Crippen LogP contribution in [0.4, 0.5) is 0 Å². The Morgan fingerprint density at radius 1 is 1.42 bits per heavy atom. The SMILES string of the molecule is CC(=C=O)c1ccc(CO)cc1. The molecule has 1 rings (SSSR count). The molecule has 0 radical (unpaired) electrons. The van der Waals surface area contributed by atoms with E-state index in [0.717, 1.165) is 11.1 Å². The molecule has 0 aromatic heterocycles. The maximum absolute atomic E-state index is 10.2. The third-order valence-electron chi connectivity index (χ3n) is 1.72. The second-order valence-corrected chi connectivity index (χ2v) is 2.58. The van der Waals surface area contributed by atoms with Crippen molar-refractivity contribution in [3.8, 4) is 0 Å². The molecule has 0 aliphatic heterocycles. The molecule has 0 aliphatic carbocycles. The van der Waals surface area contributed by atoms with Crippen molar-refractivity contribution in [2.24, 2.45) is 0 Å². The van der Waals surface area contributed by atoms with Crippen LogP contribution < -0.4 is 0 Å². The molecule has 1 aromatic rings. The minimum absolute atomic E-state index is 0.0319. The van der Waals surface area contributed by atoms with Crippen LogP contribution >= 0.6 is 0 Å². The zero-order valence-electron chi connectivity index (χ0n) is 6.87. The van der Waals surface area contributed by atoms with Crippen molar-refractivity contribution in [1.82, 2.24) is 0 Å². The number of hydrogen-bond acceptors (Lipinski definition) is 2. The van der Waals surface area contributed by atoms with Gasteiger partial charge in [-0.25, -0.2) is 4.79 Å². The Kier molecular flexibility index (Phi) is 2.81. The van der Waals surface area contributed by atoms with Gasteiger partial charge < -0.3 is 5.11 Å². The van der Waals surface area contributed by atoms with Crippen LogP contribution in [0.25, 0.3) is 5.57 Å². The van der Waals surface area contributed by atoms with Gasteiger partial charge in [-0.05, 0) is 18.1 Å². The summed E-state index contributed by atoms with van der Waals surface area (Å²) in [6.45, 7) is 1.74. The molecule has 0 spiro atoms. The number of aliphatic hydroxyl groups excluding tert-OH is 1. The first-order valence-corrected chi connectivity index (χ1v) is 3.70. The first kappa shape index (κ1) is 8.72. The summed E-state index contributed by atoms with van der Waals surface area (Å²) in [5.41, 5.74) is 2.28. The molecule has 0 atom stereocenters. The van der Waals surface area contributed by atoms with Gasteiger partial charge in [0.05, 0.1) is 6.61 Å². The third kappa shape index (κ3) is 1.82. The van der Waals surface area contributed by atoms with E-state index in [2.05, 4.69) is 0 Å². The van der Waals surface area contributed by atoms with Crippen LogP contribution in [0.3, 0.4) is 0 Å². The Morgan fingerprint density at radius 2 is 2.00 bits per heavy atom. The van der Waals surface area contributed by atoms with Gasteiger partial charge >= 0.3 is 0 Å². The minimum atomic E-state index is 0.0319.